The van der Waals surface area contributed by atoms with Crippen molar-refractivity contribution in [3.05, 3.63) is 60.4 Å². The summed E-state index contributed by atoms with van der Waals surface area (Å²) in [6.45, 7) is 10.3. The highest BCUT2D eigenvalue weighted by molar-refractivity contribution is 8.14. The number of thioether (sulfide) groups is 1. The molecule has 1 atom stereocenters. The third-order valence-electron chi connectivity index (χ3n) is 2.86. The number of aliphatic imine (C=N–C) groups is 1. The van der Waals surface area contributed by atoms with Crippen molar-refractivity contribution < 1.29 is 23.1 Å². The van der Waals surface area contributed by atoms with Gasteiger partial charge in [0.25, 0.3) is 0 Å². The minimum Gasteiger partial charge on any atom is -0.480 e. The van der Waals surface area contributed by atoms with Crippen molar-refractivity contribution in [2.24, 2.45) is 10.7 Å². The standard InChI is InChI=1S/C18H23F3N2O2S/c1-5-7-16(18(19,20)21)23-14(4)26-11-13(3)9-6-8-12(2)10-15(22)17(24)25/h5-9,15H,1-2,10-11,22H2,3-4H3,(H,24,25)/b8-6-,13-9+,16-7-,23-14?. The highest BCUT2D eigenvalue weighted by Gasteiger charge is 2.33. The lowest BCUT2D eigenvalue weighted by Crippen LogP contribution is -2.30. The Hall–Kier alpha value is -2.06. The van der Waals surface area contributed by atoms with Crippen LogP contribution in [0.1, 0.15) is 20.3 Å². The van der Waals surface area contributed by atoms with Crippen LogP contribution in [0.4, 0.5) is 13.2 Å². The van der Waals surface area contributed by atoms with Gasteiger partial charge in [0.1, 0.15) is 11.7 Å². The molecule has 8 heteroatoms. The maximum Gasteiger partial charge on any atom is 0.433 e. The van der Waals surface area contributed by atoms with Crippen LogP contribution in [0, 0.1) is 0 Å². The number of nitrogens with two attached hydrogens (primary N) is 1. The van der Waals surface area contributed by atoms with Crippen molar-refractivity contribution in [3.8, 4) is 0 Å². The summed E-state index contributed by atoms with van der Waals surface area (Å²) < 4.78 is 38.2. The van der Waals surface area contributed by atoms with E-state index in [2.05, 4.69) is 18.2 Å². The fraction of sp³-hybridized carbons (Fsp3) is 0.333. The molecular weight excluding hydrogens is 365 g/mol. The zero-order chi connectivity index (χ0) is 20.3. The van der Waals surface area contributed by atoms with Crippen LogP contribution in [-0.2, 0) is 4.79 Å². The smallest absolute Gasteiger partial charge is 0.433 e. The Bertz CT molecular complexity index is 647. The van der Waals surface area contributed by atoms with Crippen molar-refractivity contribution in [2.75, 3.05) is 5.75 Å². The van der Waals surface area contributed by atoms with Gasteiger partial charge in [0.2, 0.25) is 0 Å². The summed E-state index contributed by atoms with van der Waals surface area (Å²) in [6, 6.07) is -1.00. The summed E-state index contributed by atoms with van der Waals surface area (Å²) in [5, 5.41) is 9.00. The monoisotopic (exact) mass is 388 g/mol. The lowest BCUT2D eigenvalue weighted by molar-refractivity contribution is -0.138. The molecule has 1 unspecified atom stereocenters. The zero-order valence-electron chi connectivity index (χ0n) is 14.7. The minimum atomic E-state index is -4.53. The van der Waals surface area contributed by atoms with Crippen LogP contribution < -0.4 is 5.73 Å². The quantitative estimate of drug-likeness (QED) is 0.343. The predicted octanol–water partition coefficient (Wildman–Crippen LogP) is 4.63. The Labute approximate surface area is 155 Å². The molecule has 0 bridgehead atoms. The molecule has 0 amide bonds. The number of carboxylic acid groups (broad SMARTS) is 1. The maximum absolute atomic E-state index is 12.7. The molecule has 26 heavy (non-hydrogen) atoms. The third kappa shape index (κ3) is 10.7. The summed E-state index contributed by atoms with van der Waals surface area (Å²) in [6.07, 6.45) is 2.58. The lowest BCUT2D eigenvalue weighted by Gasteiger charge is -2.08. The van der Waals surface area contributed by atoms with Gasteiger partial charge in [0, 0.05) is 5.75 Å². The van der Waals surface area contributed by atoms with E-state index in [1.165, 1.54) is 18.7 Å². The molecule has 0 aliphatic heterocycles. The molecule has 3 N–H and O–H groups in total. The summed E-state index contributed by atoms with van der Waals surface area (Å²) in [4.78, 5) is 14.2. The van der Waals surface area contributed by atoms with E-state index in [0.717, 1.165) is 17.7 Å². The van der Waals surface area contributed by atoms with E-state index in [0.29, 0.717) is 11.3 Å². The van der Waals surface area contributed by atoms with Crippen LogP contribution in [0.5, 0.6) is 0 Å². The van der Waals surface area contributed by atoms with E-state index in [1.807, 2.05) is 6.92 Å². The number of hydrogen-bond donors (Lipinski definition) is 2. The number of carbonyl (C=O) groups is 1. The summed E-state index contributed by atoms with van der Waals surface area (Å²) in [5.74, 6) is -0.638. The fourth-order valence-corrected chi connectivity index (χ4v) is 2.26. The zero-order valence-corrected chi connectivity index (χ0v) is 15.5. The van der Waals surface area contributed by atoms with Crippen molar-refractivity contribution in [1.82, 2.24) is 0 Å². The van der Waals surface area contributed by atoms with E-state index >= 15 is 0 Å². The minimum absolute atomic E-state index is 0.134. The van der Waals surface area contributed by atoms with Gasteiger partial charge >= 0.3 is 12.1 Å². The highest BCUT2D eigenvalue weighted by Crippen LogP contribution is 2.27. The van der Waals surface area contributed by atoms with Gasteiger partial charge in [-0.1, -0.05) is 48.6 Å². The summed E-state index contributed by atoms with van der Waals surface area (Å²) >= 11 is 1.18. The first-order valence-electron chi connectivity index (χ1n) is 7.55. The number of rotatable bonds is 9. The second kappa shape index (κ2) is 11.5. The summed E-state index contributed by atoms with van der Waals surface area (Å²) in [7, 11) is 0. The first-order chi connectivity index (χ1) is 12.0. The van der Waals surface area contributed by atoms with Crippen LogP contribution >= 0.6 is 11.8 Å². The Kier molecular flexibility index (Phi) is 10.6. The molecule has 0 aromatic carbocycles. The van der Waals surface area contributed by atoms with Crippen LogP contribution in [0.15, 0.2) is 65.4 Å². The molecule has 0 radical (unpaired) electrons. The first-order valence-corrected chi connectivity index (χ1v) is 8.54. The molecule has 0 fully saturated rings. The van der Waals surface area contributed by atoms with Gasteiger partial charge in [-0.15, -0.1) is 11.8 Å². The Morgan fingerprint density at radius 3 is 2.46 bits per heavy atom. The normalized spacial score (nSPS) is 15.2. The van der Waals surface area contributed by atoms with Crippen LogP contribution in [-0.4, -0.2) is 34.1 Å². The number of aliphatic carboxylic acids is 1. The molecule has 0 aliphatic rings. The number of hydrogen-bond acceptors (Lipinski definition) is 4. The molecule has 0 saturated heterocycles. The largest absolute Gasteiger partial charge is 0.480 e. The lowest BCUT2D eigenvalue weighted by atomic mass is 10.1. The van der Waals surface area contributed by atoms with Crippen LogP contribution in [0.3, 0.4) is 0 Å². The number of allylic oxidation sites excluding steroid dienone is 6. The van der Waals surface area contributed by atoms with E-state index in [9.17, 15) is 18.0 Å². The van der Waals surface area contributed by atoms with E-state index in [-0.39, 0.29) is 11.5 Å². The molecule has 0 aliphatic carbocycles. The highest BCUT2D eigenvalue weighted by atomic mass is 32.2. The molecule has 144 valence electrons. The van der Waals surface area contributed by atoms with Gasteiger partial charge in [-0.3, -0.25) is 4.79 Å². The maximum atomic E-state index is 12.7. The fourth-order valence-electron chi connectivity index (χ4n) is 1.56. The summed E-state index contributed by atoms with van der Waals surface area (Å²) in [5.41, 5.74) is 5.88. The molecule has 4 nitrogen and oxygen atoms in total. The van der Waals surface area contributed by atoms with Crippen molar-refractivity contribution in [2.45, 2.75) is 32.5 Å². The second-order valence-corrected chi connectivity index (χ2v) is 6.55. The number of nitrogens with zero attached hydrogens (tertiary/aromatic N) is 1. The predicted molar refractivity (Wildman–Crippen MR) is 102 cm³/mol. The Balaban J connectivity index is 4.68. The SMILES string of the molecule is C=C/C=C(\N=C(C)SC/C(C)=C/C=C\C(=C)CC(N)C(=O)O)C(F)(F)F. The Morgan fingerprint density at radius 2 is 1.96 bits per heavy atom. The van der Waals surface area contributed by atoms with Gasteiger partial charge in [-0.2, -0.15) is 13.2 Å². The van der Waals surface area contributed by atoms with Gasteiger partial charge in [0.15, 0.2) is 0 Å². The van der Waals surface area contributed by atoms with Crippen molar-refractivity contribution in [3.63, 3.8) is 0 Å². The second-order valence-electron chi connectivity index (χ2n) is 5.38. The third-order valence-corrected chi connectivity index (χ3v) is 3.97. The van der Waals surface area contributed by atoms with Gasteiger partial charge < -0.3 is 10.8 Å². The van der Waals surface area contributed by atoms with E-state index < -0.39 is 23.9 Å². The molecule has 0 spiro atoms. The van der Waals surface area contributed by atoms with Gasteiger partial charge in [0.05, 0.1) is 5.04 Å². The van der Waals surface area contributed by atoms with Crippen LogP contribution in [0.2, 0.25) is 0 Å². The van der Waals surface area contributed by atoms with Crippen molar-refractivity contribution >= 4 is 22.8 Å². The number of halogens is 3. The first kappa shape index (κ1) is 23.9. The Morgan fingerprint density at radius 1 is 1.35 bits per heavy atom. The van der Waals surface area contributed by atoms with Crippen molar-refractivity contribution in [1.29, 1.82) is 0 Å². The van der Waals surface area contributed by atoms with Crippen LogP contribution in [0.25, 0.3) is 0 Å². The molecule has 0 heterocycles. The molecule has 0 aromatic rings. The van der Waals surface area contributed by atoms with Gasteiger partial charge in [-0.05, 0) is 26.3 Å². The van der Waals surface area contributed by atoms with E-state index in [4.69, 9.17) is 10.8 Å². The number of carboxylic acids is 1. The van der Waals surface area contributed by atoms with Gasteiger partial charge in [-0.25, -0.2) is 4.99 Å². The average Bonchev–Trinajstić information content (AvgIpc) is 2.51. The average molecular weight is 388 g/mol. The topological polar surface area (TPSA) is 75.7 Å². The molecule has 0 aromatic heterocycles. The molecular formula is C18H23F3N2O2S. The van der Waals surface area contributed by atoms with E-state index in [1.54, 1.807) is 18.2 Å². The number of alkyl halides is 3. The molecule has 0 saturated carbocycles. The molecule has 0 rings (SSSR count).